The van der Waals surface area contributed by atoms with E-state index in [2.05, 4.69) is 5.10 Å². The van der Waals surface area contributed by atoms with Crippen molar-refractivity contribution in [2.24, 2.45) is 7.05 Å². The van der Waals surface area contributed by atoms with Gasteiger partial charge in [0.15, 0.2) is 0 Å². The predicted molar refractivity (Wildman–Crippen MR) is 58.4 cm³/mol. The highest BCUT2D eigenvalue weighted by Gasteiger charge is 2.21. The molecule has 0 spiro atoms. The van der Waals surface area contributed by atoms with E-state index in [9.17, 15) is 9.90 Å². The third kappa shape index (κ3) is 2.61. The molecule has 5 heteroatoms. The molecule has 88 valence electrons. The molecule has 0 aliphatic heterocycles. The summed E-state index contributed by atoms with van der Waals surface area (Å²) < 4.78 is 6.91. The Bertz CT molecular complexity index is 408. The number of rotatable bonds is 2. The number of aromatic nitrogens is 2. The van der Waals surface area contributed by atoms with Gasteiger partial charge >= 0.3 is 0 Å². The first-order chi connectivity index (χ1) is 7.65. The van der Waals surface area contributed by atoms with Gasteiger partial charge in [-0.15, -0.1) is 5.10 Å². The number of hydrogen-bond donors (Lipinski definition) is 1. The quantitative estimate of drug-likeness (QED) is 0.792. The molecule has 1 aliphatic carbocycles. The molecule has 0 radical (unpaired) electrons. The molecule has 0 bridgehead atoms. The van der Waals surface area contributed by atoms with Gasteiger partial charge in [0.1, 0.15) is 6.10 Å². The van der Waals surface area contributed by atoms with Gasteiger partial charge in [0.25, 0.3) is 5.56 Å². The maximum atomic E-state index is 11.1. The van der Waals surface area contributed by atoms with Gasteiger partial charge in [0, 0.05) is 19.2 Å². The lowest BCUT2D eigenvalue weighted by atomic mass is 9.95. The van der Waals surface area contributed by atoms with E-state index < -0.39 is 0 Å². The molecule has 1 aromatic heterocycles. The van der Waals surface area contributed by atoms with Crippen LogP contribution in [0.4, 0.5) is 0 Å². The second-order valence-electron chi connectivity index (χ2n) is 4.18. The number of ether oxygens (including phenoxy) is 1. The lowest BCUT2D eigenvalue weighted by Crippen LogP contribution is -2.28. The molecule has 16 heavy (non-hydrogen) atoms. The first-order valence-electron chi connectivity index (χ1n) is 5.54. The summed E-state index contributed by atoms with van der Waals surface area (Å²) in [4.78, 5) is 11.1. The summed E-state index contributed by atoms with van der Waals surface area (Å²) in [7, 11) is 1.60. The molecule has 1 heterocycles. The van der Waals surface area contributed by atoms with Crippen molar-refractivity contribution in [1.82, 2.24) is 9.78 Å². The summed E-state index contributed by atoms with van der Waals surface area (Å²) in [5.41, 5.74) is -0.147. The van der Waals surface area contributed by atoms with Gasteiger partial charge in [-0.05, 0) is 25.7 Å². The minimum Gasteiger partial charge on any atom is -0.473 e. The third-order valence-corrected chi connectivity index (χ3v) is 2.87. The summed E-state index contributed by atoms with van der Waals surface area (Å²) in [6.45, 7) is 0. The fourth-order valence-corrected chi connectivity index (χ4v) is 1.88. The summed E-state index contributed by atoms with van der Waals surface area (Å²) in [6.07, 6.45) is 3.14. The maximum Gasteiger partial charge on any atom is 0.266 e. The highest BCUT2D eigenvalue weighted by atomic mass is 16.5. The lowest BCUT2D eigenvalue weighted by molar-refractivity contribution is 0.0633. The Morgan fingerprint density at radius 1 is 1.38 bits per heavy atom. The Labute approximate surface area is 93.7 Å². The highest BCUT2D eigenvalue weighted by molar-refractivity contribution is 5.07. The number of aliphatic hydroxyl groups is 1. The van der Waals surface area contributed by atoms with Crippen molar-refractivity contribution in [2.45, 2.75) is 37.9 Å². The van der Waals surface area contributed by atoms with E-state index in [1.165, 1.54) is 10.7 Å². The first kappa shape index (κ1) is 11.1. The highest BCUT2D eigenvalue weighted by Crippen LogP contribution is 2.22. The molecule has 1 aliphatic rings. The number of aryl methyl sites for hydroxylation is 1. The van der Waals surface area contributed by atoms with Crippen LogP contribution in [0.1, 0.15) is 25.7 Å². The van der Waals surface area contributed by atoms with Crippen molar-refractivity contribution in [1.29, 1.82) is 0 Å². The normalized spacial score (nSPS) is 25.4. The summed E-state index contributed by atoms with van der Waals surface area (Å²) in [6, 6.07) is 3.04. The molecule has 0 saturated heterocycles. The average molecular weight is 224 g/mol. The van der Waals surface area contributed by atoms with E-state index in [-0.39, 0.29) is 17.8 Å². The summed E-state index contributed by atoms with van der Waals surface area (Å²) in [5, 5.41) is 13.4. The maximum absolute atomic E-state index is 11.1. The fraction of sp³-hybridized carbons (Fsp3) is 0.636. The van der Waals surface area contributed by atoms with Crippen LogP contribution >= 0.6 is 0 Å². The SMILES string of the molecule is Cn1nc(OC2CCC(O)CC2)ccc1=O. The summed E-state index contributed by atoms with van der Waals surface area (Å²) >= 11 is 0. The van der Waals surface area contributed by atoms with Crippen molar-refractivity contribution >= 4 is 0 Å². The van der Waals surface area contributed by atoms with E-state index in [4.69, 9.17) is 4.74 Å². The van der Waals surface area contributed by atoms with Crippen LogP contribution in [0, 0.1) is 0 Å². The van der Waals surface area contributed by atoms with Crippen LogP contribution in [0.15, 0.2) is 16.9 Å². The van der Waals surface area contributed by atoms with Crippen molar-refractivity contribution in [3.63, 3.8) is 0 Å². The van der Waals surface area contributed by atoms with Gasteiger partial charge in [-0.3, -0.25) is 4.79 Å². The van der Waals surface area contributed by atoms with Gasteiger partial charge in [0.2, 0.25) is 5.88 Å². The van der Waals surface area contributed by atoms with Gasteiger partial charge in [0.05, 0.1) is 6.10 Å². The van der Waals surface area contributed by atoms with Crippen molar-refractivity contribution in [3.05, 3.63) is 22.5 Å². The molecular formula is C11H16N2O3. The van der Waals surface area contributed by atoms with E-state index in [0.29, 0.717) is 5.88 Å². The molecule has 0 aromatic carbocycles. The lowest BCUT2D eigenvalue weighted by Gasteiger charge is -2.25. The van der Waals surface area contributed by atoms with Crippen LogP contribution in [-0.4, -0.2) is 27.1 Å². The van der Waals surface area contributed by atoms with Crippen LogP contribution in [0.3, 0.4) is 0 Å². The minimum atomic E-state index is -0.187. The minimum absolute atomic E-state index is 0.105. The van der Waals surface area contributed by atoms with E-state index in [1.54, 1.807) is 13.1 Å². The molecule has 0 amide bonds. The van der Waals surface area contributed by atoms with E-state index in [0.717, 1.165) is 25.7 Å². The van der Waals surface area contributed by atoms with Crippen molar-refractivity contribution in [3.8, 4) is 5.88 Å². The zero-order valence-corrected chi connectivity index (χ0v) is 9.30. The van der Waals surface area contributed by atoms with Crippen LogP contribution in [-0.2, 0) is 7.05 Å². The standard InChI is InChI=1S/C11H16N2O3/c1-13-11(15)7-6-10(12-13)16-9-4-2-8(14)3-5-9/h6-9,14H,2-5H2,1H3. The number of hydrogen-bond acceptors (Lipinski definition) is 4. The Balaban J connectivity index is 1.98. The van der Waals surface area contributed by atoms with Crippen LogP contribution in [0.5, 0.6) is 5.88 Å². The Kier molecular flexibility index (Phi) is 3.24. The van der Waals surface area contributed by atoms with Gasteiger partial charge in [-0.1, -0.05) is 0 Å². The first-order valence-corrected chi connectivity index (χ1v) is 5.54. The van der Waals surface area contributed by atoms with Gasteiger partial charge < -0.3 is 9.84 Å². The Hall–Kier alpha value is -1.36. The average Bonchev–Trinajstić information content (AvgIpc) is 2.27. The largest absolute Gasteiger partial charge is 0.473 e. The monoisotopic (exact) mass is 224 g/mol. The smallest absolute Gasteiger partial charge is 0.266 e. The van der Waals surface area contributed by atoms with Crippen LogP contribution in [0.2, 0.25) is 0 Å². The molecular weight excluding hydrogens is 208 g/mol. The predicted octanol–water partition coefficient (Wildman–Crippen LogP) is 0.463. The Morgan fingerprint density at radius 2 is 2.06 bits per heavy atom. The summed E-state index contributed by atoms with van der Waals surface area (Å²) in [5.74, 6) is 0.475. The molecule has 1 fully saturated rings. The van der Waals surface area contributed by atoms with Crippen LogP contribution in [0.25, 0.3) is 0 Å². The Morgan fingerprint density at radius 3 is 2.69 bits per heavy atom. The second kappa shape index (κ2) is 4.65. The molecule has 0 unspecified atom stereocenters. The topological polar surface area (TPSA) is 64.3 Å². The van der Waals surface area contributed by atoms with E-state index in [1.807, 2.05) is 0 Å². The molecule has 0 atom stereocenters. The zero-order valence-electron chi connectivity index (χ0n) is 9.30. The van der Waals surface area contributed by atoms with Gasteiger partial charge in [-0.2, -0.15) is 0 Å². The molecule has 2 rings (SSSR count). The molecule has 1 aromatic rings. The zero-order chi connectivity index (χ0) is 11.5. The van der Waals surface area contributed by atoms with Crippen molar-refractivity contribution in [2.75, 3.05) is 0 Å². The fourth-order valence-electron chi connectivity index (χ4n) is 1.88. The number of aliphatic hydroxyl groups excluding tert-OH is 1. The van der Waals surface area contributed by atoms with E-state index >= 15 is 0 Å². The van der Waals surface area contributed by atoms with Crippen molar-refractivity contribution < 1.29 is 9.84 Å². The van der Waals surface area contributed by atoms with Crippen LogP contribution < -0.4 is 10.3 Å². The number of nitrogens with zero attached hydrogens (tertiary/aromatic N) is 2. The second-order valence-corrected chi connectivity index (χ2v) is 4.18. The molecule has 1 saturated carbocycles. The molecule has 5 nitrogen and oxygen atoms in total. The third-order valence-electron chi connectivity index (χ3n) is 2.87. The molecule has 1 N–H and O–H groups in total. The van der Waals surface area contributed by atoms with Gasteiger partial charge in [-0.25, -0.2) is 4.68 Å².